The number of anilines is 1. The number of sulfone groups is 1. The maximum Gasteiger partial charge on any atom is 0.237 e. The first-order chi connectivity index (χ1) is 20.5. The minimum absolute atomic E-state index is 0.259. The van der Waals surface area contributed by atoms with Gasteiger partial charge in [-0.05, 0) is 59.7 Å². The molecule has 0 bridgehead atoms. The van der Waals surface area contributed by atoms with Gasteiger partial charge in [0.05, 0.1) is 17.5 Å². The summed E-state index contributed by atoms with van der Waals surface area (Å²) in [6.45, 7) is 0.775. The Hall–Kier alpha value is -4.99. The molecule has 42 heavy (non-hydrogen) atoms. The fraction of sp³-hybridized carbons (Fsp3) is 0.0909. The number of nitrogens with zero attached hydrogens (tertiary/aromatic N) is 3. The van der Waals surface area contributed by atoms with Gasteiger partial charge in [0, 0.05) is 35.0 Å². The molecule has 0 aliphatic rings. The highest BCUT2D eigenvalue weighted by atomic mass is 32.2. The molecule has 0 aliphatic heterocycles. The summed E-state index contributed by atoms with van der Waals surface area (Å²) in [5, 5.41) is 6.58. The van der Waals surface area contributed by atoms with Gasteiger partial charge >= 0.3 is 0 Å². The van der Waals surface area contributed by atoms with Gasteiger partial charge in [-0.25, -0.2) is 13.4 Å². The third-order valence-corrected chi connectivity index (χ3v) is 8.44. The number of nitrogens with two attached hydrogens (primary N) is 1. The highest BCUT2D eigenvalue weighted by molar-refractivity contribution is 7.94. The van der Waals surface area contributed by atoms with Gasteiger partial charge in [-0.1, -0.05) is 60.7 Å². The fourth-order valence-corrected chi connectivity index (χ4v) is 5.99. The van der Waals surface area contributed by atoms with Crippen molar-refractivity contribution in [2.45, 2.75) is 18.0 Å². The lowest BCUT2D eigenvalue weighted by Crippen LogP contribution is -2.11. The topological polar surface area (TPSA) is 112 Å². The molecular weight excluding hydrogens is 546 g/mol. The molecule has 2 aromatic heterocycles. The van der Waals surface area contributed by atoms with E-state index in [0.29, 0.717) is 36.1 Å². The summed E-state index contributed by atoms with van der Waals surface area (Å²) in [5.41, 5.74) is 10.4. The molecular formula is C33H29N5O3S. The zero-order valence-corrected chi connectivity index (χ0v) is 23.8. The van der Waals surface area contributed by atoms with E-state index in [-0.39, 0.29) is 4.90 Å². The molecule has 8 nitrogen and oxygen atoms in total. The third kappa shape index (κ3) is 5.35. The number of aromatic nitrogens is 3. The largest absolute Gasteiger partial charge is 0.494 e. The molecule has 0 spiro atoms. The van der Waals surface area contributed by atoms with Gasteiger partial charge in [0.15, 0.2) is 9.84 Å². The molecule has 6 rings (SSSR count). The van der Waals surface area contributed by atoms with Crippen LogP contribution in [0.15, 0.2) is 113 Å². The number of benzene rings is 4. The first-order valence-electron chi connectivity index (χ1n) is 13.4. The lowest BCUT2D eigenvalue weighted by molar-refractivity contribution is 0.419. The van der Waals surface area contributed by atoms with Crippen molar-refractivity contribution in [1.29, 1.82) is 0 Å². The van der Waals surface area contributed by atoms with Crippen molar-refractivity contribution in [2.24, 2.45) is 5.73 Å². The Morgan fingerprint density at radius 1 is 0.905 bits per heavy atom. The van der Waals surface area contributed by atoms with Gasteiger partial charge in [-0.3, -0.25) is 4.57 Å². The number of hydrogen-bond acceptors (Lipinski definition) is 7. The third-order valence-electron chi connectivity index (χ3n) is 7.02. The van der Waals surface area contributed by atoms with Crippen molar-refractivity contribution in [2.75, 3.05) is 12.4 Å². The minimum atomic E-state index is -3.54. The lowest BCUT2D eigenvalue weighted by atomic mass is 10.1. The molecule has 9 heteroatoms. The van der Waals surface area contributed by atoms with Crippen molar-refractivity contribution in [3.63, 3.8) is 0 Å². The van der Waals surface area contributed by atoms with E-state index in [0.717, 1.165) is 33.1 Å². The second kappa shape index (κ2) is 11.5. The molecule has 6 aromatic rings. The fourth-order valence-electron chi connectivity index (χ4n) is 4.96. The minimum Gasteiger partial charge on any atom is -0.494 e. The van der Waals surface area contributed by atoms with E-state index in [4.69, 9.17) is 20.4 Å². The normalized spacial score (nSPS) is 11.9. The number of nitrogens with one attached hydrogen (secondary N) is 1. The smallest absolute Gasteiger partial charge is 0.237 e. The van der Waals surface area contributed by atoms with Gasteiger partial charge in [-0.2, -0.15) is 4.98 Å². The van der Waals surface area contributed by atoms with Gasteiger partial charge in [0.25, 0.3) is 0 Å². The molecule has 210 valence electrons. The van der Waals surface area contributed by atoms with Gasteiger partial charge < -0.3 is 15.8 Å². The van der Waals surface area contributed by atoms with Crippen molar-refractivity contribution in [1.82, 2.24) is 14.5 Å². The van der Waals surface area contributed by atoms with Crippen molar-refractivity contribution < 1.29 is 13.2 Å². The standard InChI is InChI=1S/C33H29N5O3S/c1-41-30-16-8-14-28-31(30)36-33(38-26(21-34)20-25-11-5-6-15-29(25)38)37-32(28)35-22-24-10-7-9-23(19-24)17-18-42(39,40)27-12-3-2-4-13-27/h2-20H,21-22,34H2,1H3,(H,35,36,37). The summed E-state index contributed by atoms with van der Waals surface area (Å²) >= 11 is 0. The van der Waals surface area contributed by atoms with E-state index in [1.54, 1.807) is 43.5 Å². The van der Waals surface area contributed by atoms with Gasteiger partial charge in [-0.15, -0.1) is 0 Å². The molecule has 0 atom stereocenters. The zero-order chi connectivity index (χ0) is 29.1. The first kappa shape index (κ1) is 27.2. The summed E-state index contributed by atoms with van der Waals surface area (Å²) in [6.07, 6.45) is 1.61. The van der Waals surface area contributed by atoms with Gasteiger partial charge in [0.1, 0.15) is 17.1 Å². The van der Waals surface area contributed by atoms with Crippen LogP contribution in [0.2, 0.25) is 0 Å². The molecule has 0 fully saturated rings. The van der Waals surface area contributed by atoms with Crippen LogP contribution in [0.5, 0.6) is 5.75 Å². The predicted molar refractivity (Wildman–Crippen MR) is 167 cm³/mol. The molecule has 0 saturated carbocycles. The highest BCUT2D eigenvalue weighted by Crippen LogP contribution is 2.31. The summed E-state index contributed by atoms with van der Waals surface area (Å²) in [4.78, 5) is 10.1. The first-order valence-corrected chi connectivity index (χ1v) is 15.0. The lowest BCUT2D eigenvalue weighted by Gasteiger charge is -2.15. The van der Waals surface area contributed by atoms with Crippen LogP contribution in [0.4, 0.5) is 5.82 Å². The summed E-state index contributed by atoms with van der Waals surface area (Å²) in [5.74, 6) is 1.76. The molecule has 0 amide bonds. The average Bonchev–Trinajstić information content (AvgIpc) is 3.42. The van der Waals surface area contributed by atoms with E-state index in [1.165, 1.54) is 5.41 Å². The van der Waals surface area contributed by atoms with Crippen LogP contribution in [0.25, 0.3) is 33.8 Å². The molecule has 0 radical (unpaired) electrons. The molecule has 0 unspecified atom stereocenters. The maximum absolute atomic E-state index is 12.7. The van der Waals surface area contributed by atoms with Crippen LogP contribution >= 0.6 is 0 Å². The molecule has 3 N–H and O–H groups in total. The zero-order valence-electron chi connectivity index (χ0n) is 22.9. The number of rotatable bonds is 9. The van der Waals surface area contributed by atoms with Crippen molar-refractivity contribution in [3.8, 4) is 11.7 Å². The molecule has 0 aliphatic carbocycles. The molecule has 4 aromatic carbocycles. The maximum atomic E-state index is 12.7. The Morgan fingerprint density at radius 3 is 2.50 bits per heavy atom. The van der Waals surface area contributed by atoms with Crippen LogP contribution in [0, 0.1) is 0 Å². The summed E-state index contributed by atoms with van der Waals surface area (Å²) in [7, 11) is -1.92. The Balaban J connectivity index is 1.35. The Bertz CT molecular complexity index is 2040. The van der Waals surface area contributed by atoms with Crippen LogP contribution in [0.3, 0.4) is 0 Å². The Kier molecular flexibility index (Phi) is 7.43. The quantitative estimate of drug-likeness (QED) is 0.214. The number of methoxy groups -OCH3 is 1. The Labute approximate surface area is 244 Å². The van der Waals surface area contributed by atoms with E-state index in [9.17, 15) is 8.42 Å². The van der Waals surface area contributed by atoms with Gasteiger partial charge in [0.2, 0.25) is 5.95 Å². The van der Waals surface area contributed by atoms with E-state index < -0.39 is 9.84 Å². The van der Waals surface area contributed by atoms with E-state index in [2.05, 4.69) is 11.4 Å². The number of hydrogen-bond donors (Lipinski definition) is 2. The summed E-state index contributed by atoms with van der Waals surface area (Å²) in [6, 6.07) is 31.9. The van der Waals surface area contributed by atoms with E-state index >= 15 is 0 Å². The van der Waals surface area contributed by atoms with Crippen LogP contribution < -0.4 is 15.8 Å². The number of ether oxygens (including phenoxy) is 1. The highest BCUT2D eigenvalue weighted by Gasteiger charge is 2.17. The van der Waals surface area contributed by atoms with Crippen molar-refractivity contribution in [3.05, 3.63) is 125 Å². The second-order valence-electron chi connectivity index (χ2n) is 9.72. The molecule has 2 heterocycles. The van der Waals surface area contributed by atoms with Crippen LogP contribution in [0.1, 0.15) is 16.8 Å². The van der Waals surface area contributed by atoms with Crippen molar-refractivity contribution >= 4 is 43.5 Å². The molecule has 0 saturated heterocycles. The predicted octanol–water partition coefficient (Wildman–Crippen LogP) is 6.10. The Morgan fingerprint density at radius 2 is 1.69 bits per heavy atom. The monoisotopic (exact) mass is 575 g/mol. The number of para-hydroxylation sites is 2. The van der Waals surface area contributed by atoms with E-state index in [1.807, 2.05) is 71.3 Å². The van der Waals surface area contributed by atoms with Crippen LogP contribution in [-0.4, -0.2) is 30.1 Å². The number of fused-ring (bicyclic) bond motifs is 2. The average molecular weight is 576 g/mol. The SMILES string of the molecule is COc1cccc2c(NCc3cccc(C=CS(=O)(=O)c4ccccc4)c3)nc(-n3c(CN)cc4ccccc43)nc12. The second-order valence-corrected chi connectivity index (χ2v) is 11.6. The summed E-state index contributed by atoms with van der Waals surface area (Å²) < 4.78 is 33.0. The van der Waals surface area contributed by atoms with Crippen LogP contribution in [-0.2, 0) is 22.9 Å².